The summed E-state index contributed by atoms with van der Waals surface area (Å²) in [6.07, 6.45) is 0. The summed E-state index contributed by atoms with van der Waals surface area (Å²) in [5.74, 6) is 0. The Labute approximate surface area is 126 Å². The zero-order chi connectivity index (χ0) is 14.8. The smallest absolute Gasteiger partial charge is 0.0740 e. The van der Waals surface area contributed by atoms with E-state index in [1.807, 2.05) is 6.07 Å². The Balaban J connectivity index is 2.19. The molecule has 21 heavy (non-hydrogen) atoms. The molecule has 1 aromatic heterocycles. The minimum atomic E-state index is 1.05. The van der Waals surface area contributed by atoms with E-state index in [0.717, 1.165) is 11.4 Å². The molecule has 1 heteroatoms. The van der Waals surface area contributed by atoms with Crippen LogP contribution < -0.4 is 0 Å². The van der Waals surface area contributed by atoms with Crippen molar-refractivity contribution in [2.24, 2.45) is 0 Å². The summed E-state index contributed by atoms with van der Waals surface area (Å²) < 4.78 is 0. The molecule has 1 heterocycles. The van der Waals surface area contributed by atoms with Crippen LogP contribution in [0.15, 0.2) is 60.7 Å². The van der Waals surface area contributed by atoms with Gasteiger partial charge in [0, 0.05) is 11.3 Å². The number of pyridine rings is 1. The van der Waals surface area contributed by atoms with Crippen molar-refractivity contribution in [2.75, 3.05) is 0 Å². The Kier molecular flexibility index (Phi) is 3.57. The van der Waals surface area contributed by atoms with Gasteiger partial charge >= 0.3 is 0 Å². The molecule has 104 valence electrons. The fourth-order valence-corrected chi connectivity index (χ4v) is 2.65. The van der Waals surface area contributed by atoms with Crippen LogP contribution in [0.4, 0.5) is 0 Å². The lowest BCUT2D eigenvalue weighted by Gasteiger charge is -2.13. The summed E-state index contributed by atoms with van der Waals surface area (Å²) in [7, 11) is 0. The van der Waals surface area contributed by atoms with Crippen molar-refractivity contribution >= 4 is 0 Å². The van der Waals surface area contributed by atoms with Crippen molar-refractivity contribution in [1.82, 2.24) is 4.98 Å². The topological polar surface area (TPSA) is 12.9 Å². The SMILES string of the molecule is Cc1ccc(-c2nc(C)cc(-c3ccccc3)c2C)cc1. The van der Waals surface area contributed by atoms with Crippen LogP contribution in [0.1, 0.15) is 16.8 Å². The molecule has 0 unspecified atom stereocenters. The van der Waals surface area contributed by atoms with Gasteiger partial charge in [-0.05, 0) is 43.5 Å². The average molecular weight is 273 g/mol. The second-order valence-corrected chi connectivity index (χ2v) is 5.52. The number of hydrogen-bond acceptors (Lipinski definition) is 1. The first kappa shape index (κ1) is 13.6. The predicted octanol–water partition coefficient (Wildman–Crippen LogP) is 5.34. The second kappa shape index (κ2) is 5.53. The van der Waals surface area contributed by atoms with Crippen molar-refractivity contribution < 1.29 is 0 Å². The predicted molar refractivity (Wildman–Crippen MR) is 89.3 cm³/mol. The molecule has 0 atom stereocenters. The van der Waals surface area contributed by atoms with E-state index in [1.165, 1.54) is 27.8 Å². The van der Waals surface area contributed by atoms with Crippen LogP contribution in [0.2, 0.25) is 0 Å². The number of nitrogens with zero attached hydrogens (tertiary/aromatic N) is 1. The molecule has 0 fully saturated rings. The number of aryl methyl sites for hydroxylation is 2. The van der Waals surface area contributed by atoms with Gasteiger partial charge in [0.2, 0.25) is 0 Å². The van der Waals surface area contributed by atoms with Gasteiger partial charge in [-0.3, -0.25) is 4.98 Å². The summed E-state index contributed by atoms with van der Waals surface area (Å²) in [6, 6.07) is 21.3. The molecule has 2 aromatic carbocycles. The summed E-state index contributed by atoms with van der Waals surface area (Å²) in [5, 5.41) is 0. The Morgan fingerprint density at radius 2 is 1.38 bits per heavy atom. The third kappa shape index (κ3) is 2.73. The van der Waals surface area contributed by atoms with Crippen molar-refractivity contribution in [3.05, 3.63) is 77.5 Å². The quantitative estimate of drug-likeness (QED) is 0.614. The van der Waals surface area contributed by atoms with Crippen LogP contribution in [0.25, 0.3) is 22.4 Å². The van der Waals surface area contributed by atoms with Crippen molar-refractivity contribution in [1.29, 1.82) is 0 Å². The molecule has 0 radical (unpaired) electrons. The Morgan fingerprint density at radius 3 is 2.05 bits per heavy atom. The normalized spacial score (nSPS) is 10.6. The maximum Gasteiger partial charge on any atom is 0.0740 e. The highest BCUT2D eigenvalue weighted by Gasteiger charge is 2.10. The van der Waals surface area contributed by atoms with Gasteiger partial charge in [-0.1, -0.05) is 60.2 Å². The molecule has 0 N–H and O–H groups in total. The molecule has 0 aliphatic carbocycles. The molecular weight excluding hydrogens is 254 g/mol. The molecule has 1 nitrogen and oxygen atoms in total. The standard InChI is InChI=1S/C20H19N/c1-14-9-11-18(12-10-14)20-16(3)19(13-15(2)21-20)17-7-5-4-6-8-17/h4-13H,1-3H3. The molecule has 0 saturated carbocycles. The van der Waals surface area contributed by atoms with E-state index in [0.29, 0.717) is 0 Å². The van der Waals surface area contributed by atoms with E-state index < -0.39 is 0 Å². The lowest BCUT2D eigenvalue weighted by atomic mass is 9.96. The van der Waals surface area contributed by atoms with Crippen LogP contribution in [0.3, 0.4) is 0 Å². The molecule has 3 aromatic rings. The van der Waals surface area contributed by atoms with E-state index in [1.54, 1.807) is 0 Å². The average Bonchev–Trinajstić information content (AvgIpc) is 2.51. The molecule has 0 aliphatic heterocycles. The van der Waals surface area contributed by atoms with Crippen LogP contribution in [0.5, 0.6) is 0 Å². The van der Waals surface area contributed by atoms with Gasteiger partial charge in [0.1, 0.15) is 0 Å². The Morgan fingerprint density at radius 1 is 0.714 bits per heavy atom. The van der Waals surface area contributed by atoms with Gasteiger partial charge in [0.15, 0.2) is 0 Å². The molecule has 0 amide bonds. The first-order chi connectivity index (χ1) is 10.1. The molecule has 0 saturated heterocycles. The minimum Gasteiger partial charge on any atom is -0.253 e. The van der Waals surface area contributed by atoms with Crippen LogP contribution >= 0.6 is 0 Å². The second-order valence-electron chi connectivity index (χ2n) is 5.52. The fraction of sp³-hybridized carbons (Fsp3) is 0.150. The number of benzene rings is 2. The van der Waals surface area contributed by atoms with Crippen molar-refractivity contribution in [2.45, 2.75) is 20.8 Å². The number of aromatic nitrogens is 1. The summed E-state index contributed by atoms with van der Waals surface area (Å²) in [5.41, 5.74) is 8.32. The summed E-state index contributed by atoms with van der Waals surface area (Å²) >= 11 is 0. The lowest BCUT2D eigenvalue weighted by Crippen LogP contribution is -1.95. The highest BCUT2D eigenvalue weighted by Crippen LogP contribution is 2.31. The zero-order valence-electron chi connectivity index (χ0n) is 12.7. The largest absolute Gasteiger partial charge is 0.253 e. The molecule has 0 aliphatic rings. The first-order valence-corrected chi connectivity index (χ1v) is 7.26. The van der Waals surface area contributed by atoms with Crippen LogP contribution in [-0.2, 0) is 0 Å². The van der Waals surface area contributed by atoms with Gasteiger partial charge in [-0.2, -0.15) is 0 Å². The third-order valence-electron chi connectivity index (χ3n) is 3.81. The number of rotatable bonds is 2. The van der Waals surface area contributed by atoms with Crippen molar-refractivity contribution in [3.63, 3.8) is 0 Å². The fourth-order valence-electron chi connectivity index (χ4n) is 2.65. The van der Waals surface area contributed by atoms with E-state index in [9.17, 15) is 0 Å². The Bertz CT molecular complexity index is 756. The van der Waals surface area contributed by atoms with E-state index in [2.05, 4.69) is 75.4 Å². The zero-order valence-corrected chi connectivity index (χ0v) is 12.7. The Hall–Kier alpha value is -2.41. The minimum absolute atomic E-state index is 1.05. The van der Waals surface area contributed by atoms with Gasteiger partial charge in [0.05, 0.1) is 5.69 Å². The van der Waals surface area contributed by atoms with E-state index in [-0.39, 0.29) is 0 Å². The third-order valence-corrected chi connectivity index (χ3v) is 3.81. The molecule has 0 bridgehead atoms. The number of hydrogen-bond donors (Lipinski definition) is 0. The van der Waals surface area contributed by atoms with Crippen LogP contribution in [-0.4, -0.2) is 4.98 Å². The summed E-state index contributed by atoms with van der Waals surface area (Å²) in [6.45, 7) is 6.32. The van der Waals surface area contributed by atoms with E-state index in [4.69, 9.17) is 4.98 Å². The van der Waals surface area contributed by atoms with Gasteiger partial charge in [-0.25, -0.2) is 0 Å². The van der Waals surface area contributed by atoms with Gasteiger partial charge < -0.3 is 0 Å². The van der Waals surface area contributed by atoms with E-state index >= 15 is 0 Å². The molecule has 3 rings (SSSR count). The molecular formula is C20H19N. The van der Waals surface area contributed by atoms with Crippen LogP contribution in [0, 0.1) is 20.8 Å². The van der Waals surface area contributed by atoms with Crippen molar-refractivity contribution in [3.8, 4) is 22.4 Å². The molecule has 0 spiro atoms. The first-order valence-electron chi connectivity index (χ1n) is 7.26. The highest BCUT2D eigenvalue weighted by molar-refractivity contribution is 5.76. The van der Waals surface area contributed by atoms with Gasteiger partial charge in [0.25, 0.3) is 0 Å². The monoisotopic (exact) mass is 273 g/mol. The lowest BCUT2D eigenvalue weighted by molar-refractivity contribution is 1.18. The summed E-state index contributed by atoms with van der Waals surface area (Å²) in [4.78, 5) is 4.76. The van der Waals surface area contributed by atoms with Gasteiger partial charge in [-0.15, -0.1) is 0 Å². The highest BCUT2D eigenvalue weighted by atomic mass is 14.7. The maximum atomic E-state index is 4.76. The maximum absolute atomic E-state index is 4.76.